The molecule has 2 aliphatic heterocycles. The van der Waals surface area contributed by atoms with E-state index in [1.54, 1.807) is 13.1 Å². The summed E-state index contributed by atoms with van der Waals surface area (Å²) >= 11 is 0.999. The highest BCUT2D eigenvalue weighted by Gasteiger charge is 2.46. The van der Waals surface area contributed by atoms with Gasteiger partial charge in [-0.3, -0.25) is 9.59 Å². The standard InChI is InChI=1S/C25H33F2N5O4S2/c1-5-15(3)29-19-10-14(2)18(12-28-19)21-20(24(34)32-13-25(26,27)11-16(32)4)31-23(37-21)22(33)30-17-6-8-38(35,36)9-7-17/h10,12,15-17H,5-9,11,13H2,1-4H3,(H,28,29)(H,30,33)/t15-,16+/m1/s1. The number of nitrogens with one attached hydrogen (secondary N) is 2. The molecule has 0 spiro atoms. The summed E-state index contributed by atoms with van der Waals surface area (Å²) in [7, 11) is -3.10. The van der Waals surface area contributed by atoms with Gasteiger partial charge in [0.25, 0.3) is 17.7 Å². The van der Waals surface area contributed by atoms with Crippen LogP contribution in [0.15, 0.2) is 12.3 Å². The fourth-order valence-corrected chi connectivity index (χ4v) is 7.20. The Labute approximate surface area is 225 Å². The van der Waals surface area contributed by atoms with Gasteiger partial charge in [0.05, 0.1) is 22.9 Å². The second-order valence-electron chi connectivity index (χ2n) is 10.3. The van der Waals surface area contributed by atoms with Gasteiger partial charge in [-0.2, -0.15) is 0 Å². The van der Waals surface area contributed by atoms with Gasteiger partial charge in [-0.1, -0.05) is 6.92 Å². The molecule has 0 aliphatic carbocycles. The predicted molar refractivity (Wildman–Crippen MR) is 143 cm³/mol. The lowest BCUT2D eigenvalue weighted by Gasteiger charge is -2.22. The van der Waals surface area contributed by atoms with E-state index < -0.39 is 46.6 Å². The molecule has 2 amide bonds. The molecule has 2 aliphatic rings. The molecule has 0 saturated carbocycles. The van der Waals surface area contributed by atoms with Crippen LogP contribution in [0.25, 0.3) is 10.4 Å². The average molecular weight is 570 g/mol. The van der Waals surface area contributed by atoms with E-state index in [-0.39, 0.29) is 34.3 Å². The third kappa shape index (κ3) is 6.31. The van der Waals surface area contributed by atoms with Crippen molar-refractivity contribution < 1.29 is 26.8 Å². The van der Waals surface area contributed by atoms with E-state index in [1.807, 2.05) is 19.9 Å². The average Bonchev–Trinajstić information content (AvgIpc) is 3.40. The van der Waals surface area contributed by atoms with Gasteiger partial charge in [0.1, 0.15) is 21.3 Å². The summed E-state index contributed by atoms with van der Waals surface area (Å²) in [6, 6.07) is 1.03. The predicted octanol–water partition coefficient (Wildman–Crippen LogP) is 3.90. The molecule has 2 fully saturated rings. The van der Waals surface area contributed by atoms with Crippen molar-refractivity contribution in [3.8, 4) is 10.4 Å². The van der Waals surface area contributed by atoms with Crippen molar-refractivity contribution in [2.24, 2.45) is 0 Å². The second-order valence-corrected chi connectivity index (χ2v) is 13.6. The number of hydrogen-bond acceptors (Lipinski definition) is 8. The quantitative estimate of drug-likeness (QED) is 0.519. The van der Waals surface area contributed by atoms with Crippen molar-refractivity contribution in [2.45, 2.75) is 77.4 Å². The molecule has 0 bridgehead atoms. The van der Waals surface area contributed by atoms with Crippen molar-refractivity contribution in [3.05, 3.63) is 28.5 Å². The number of pyridine rings is 1. The Bertz CT molecular complexity index is 1320. The number of thiazole rings is 1. The number of aryl methyl sites for hydroxylation is 1. The molecule has 0 aromatic carbocycles. The lowest BCUT2D eigenvalue weighted by molar-refractivity contribution is 0.0118. The third-order valence-corrected chi connectivity index (χ3v) is 9.87. The van der Waals surface area contributed by atoms with Crippen LogP contribution in [-0.2, 0) is 9.84 Å². The number of likely N-dealkylation sites (tertiary alicyclic amines) is 1. The Morgan fingerprint density at radius 2 is 1.97 bits per heavy atom. The molecule has 4 heterocycles. The summed E-state index contributed by atoms with van der Waals surface area (Å²) in [6.45, 7) is 6.79. The minimum absolute atomic E-state index is 0.00619. The van der Waals surface area contributed by atoms with Crippen LogP contribution in [0, 0.1) is 6.92 Å². The number of alkyl halides is 2. The van der Waals surface area contributed by atoms with E-state index in [0.717, 1.165) is 28.2 Å². The summed E-state index contributed by atoms with van der Waals surface area (Å²) in [5, 5.41) is 6.13. The van der Waals surface area contributed by atoms with Gasteiger partial charge in [0, 0.05) is 36.3 Å². The molecule has 9 nitrogen and oxygen atoms in total. The molecule has 4 rings (SSSR count). The van der Waals surface area contributed by atoms with Gasteiger partial charge in [0.2, 0.25) is 0 Å². The molecule has 2 aromatic rings. The molecule has 2 aromatic heterocycles. The maximum Gasteiger partial charge on any atom is 0.280 e. The van der Waals surface area contributed by atoms with Crippen molar-refractivity contribution >= 4 is 38.8 Å². The van der Waals surface area contributed by atoms with Crippen LogP contribution >= 0.6 is 11.3 Å². The molecule has 38 heavy (non-hydrogen) atoms. The SMILES string of the molecule is CC[C@@H](C)Nc1cc(C)c(-c2sc(C(=O)NC3CCS(=O)(=O)CC3)nc2C(=O)N2CC(F)(F)C[C@@H]2C)cn1. The van der Waals surface area contributed by atoms with Crippen molar-refractivity contribution in [1.29, 1.82) is 0 Å². The highest BCUT2D eigenvalue weighted by Crippen LogP contribution is 2.37. The third-order valence-electron chi connectivity index (χ3n) is 7.06. The zero-order valence-electron chi connectivity index (χ0n) is 21.9. The van der Waals surface area contributed by atoms with E-state index in [0.29, 0.717) is 29.1 Å². The van der Waals surface area contributed by atoms with Gasteiger partial charge >= 0.3 is 0 Å². The number of hydrogen-bond donors (Lipinski definition) is 2. The first-order chi connectivity index (χ1) is 17.8. The fourth-order valence-electron chi connectivity index (χ4n) is 4.67. The highest BCUT2D eigenvalue weighted by atomic mass is 32.2. The summed E-state index contributed by atoms with van der Waals surface area (Å²) < 4.78 is 51.7. The molecular weight excluding hydrogens is 536 g/mol. The van der Waals surface area contributed by atoms with E-state index in [4.69, 9.17) is 0 Å². The van der Waals surface area contributed by atoms with Crippen LogP contribution in [0.2, 0.25) is 0 Å². The van der Waals surface area contributed by atoms with Crippen LogP contribution in [0.4, 0.5) is 14.6 Å². The minimum atomic E-state index is -3.10. The zero-order chi connectivity index (χ0) is 27.8. The Kier molecular flexibility index (Phi) is 8.08. The van der Waals surface area contributed by atoms with Crippen molar-refractivity contribution in [2.75, 3.05) is 23.4 Å². The number of carbonyl (C=O) groups excluding carboxylic acids is 2. The first-order valence-electron chi connectivity index (χ1n) is 12.7. The monoisotopic (exact) mass is 569 g/mol. The molecule has 208 valence electrons. The molecule has 2 N–H and O–H groups in total. The molecule has 2 atom stereocenters. The maximum absolute atomic E-state index is 14.1. The summed E-state index contributed by atoms with van der Waals surface area (Å²) in [5.74, 6) is -3.53. The molecule has 2 saturated heterocycles. The van der Waals surface area contributed by atoms with Crippen LogP contribution in [0.5, 0.6) is 0 Å². The van der Waals surface area contributed by atoms with E-state index in [2.05, 4.69) is 27.5 Å². The number of carbonyl (C=O) groups is 2. The van der Waals surface area contributed by atoms with Crippen LogP contribution in [0.3, 0.4) is 0 Å². The topological polar surface area (TPSA) is 121 Å². The number of sulfone groups is 1. The minimum Gasteiger partial charge on any atom is -0.368 e. The van der Waals surface area contributed by atoms with Crippen molar-refractivity contribution in [1.82, 2.24) is 20.2 Å². The van der Waals surface area contributed by atoms with Gasteiger partial charge in [-0.05, 0) is 51.7 Å². The van der Waals surface area contributed by atoms with Crippen LogP contribution in [-0.4, -0.2) is 77.2 Å². The van der Waals surface area contributed by atoms with E-state index >= 15 is 0 Å². The number of amides is 2. The highest BCUT2D eigenvalue weighted by molar-refractivity contribution is 7.91. The van der Waals surface area contributed by atoms with Crippen molar-refractivity contribution in [3.63, 3.8) is 0 Å². The summed E-state index contributed by atoms with van der Waals surface area (Å²) in [4.78, 5) is 36.9. The summed E-state index contributed by atoms with van der Waals surface area (Å²) in [6.07, 6.45) is 2.66. The second kappa shape index (κ2) is 10.8. The van der Waals surface area contributed by atoms with Gasteiger partial charge < -0.3 is 15.5 Å². The van der Waals surface area contributed by atoms with E-state index in [1.165, 1.54) is 0 Å². The molecule has 13 heteroatoms. The number of rotatable bonds is 7. The number of nitrogens with zero attached hydrogens (tertiary/aromatic N) is 3. The Balaban J connectivity index is 1.67. The lowest BCUT2D eigenvalue weighted by atomic mass is 10.1. The normalized spacial score (nSPS) is 21.7. The lowest BCUT2D eigenvalue weighted by Crippen LogP contribution is -2.41. The number of anilines is 1. The van der Waals surface area contributed by atoms with Gasteiger partial charge in [0.15, 0.2) is 5.01 Å². The zero-order valence-corrected chi connectivity index (χ0v) is 23.5. The smallest absolute Gasteiger partial charge is 0.280 e. The molecule has 0 radical (unpaired) electrons. The molecular formula is C25H33F2N5O4S2. The number of halogens is 2. The number of aromatic nitrogens is 2. The largest absolute Gasteiger partial charge is 0.368 e. The first-order valence-corrected chi connectivity index (χ1v) is 15.4. The van der Waals surface area contributed by atoms with Gasteiger partial charge in [-0.25, -0.2) is 27.2 Å². The fraction of sp³-hybridized carbons (Fsp3) is 0.600. The summed E-state index contributed by atoms with van der Waals surface area (Å²) in [5.41, 5.74) is 1.30. The van der Waals surface area contributed by atoms with Crippen LogP contribution < -0.4 is 10.6 Å². The molecule has 0 unspecified atom stereocenters. The van der Waals surface area contributed by atoms with Gasteiger partial charge in [-0.15, -0.1) is 11.3 Å². The van der Waals surface area contributed by atoms with E-state index in [9.17, 15) is 26.8 Å². The Morgan fingerprint density at radius 3 is 2.55 bits per heavy atom. The Hall–Kier alpha value is -2.67. The van der Waals surface area contributed by atoms with Crippen LogP contribution in [0.1, 0.15) is 72.3 Å². The first kappa shape index (κ1) is 28.3. The Morgan fingerprint density at radius 1 is 1.29 bits per heavy atom. The maximum atomic E-state index is 14.1.